The number of hydrogen-bond acceptors (Lipinski definition) is 3. The van der Waals surface area contributed by atoms with Gasteiger partial charge in [0.25, 0.3) is 0 Å². The van der Waals surface area contributed by atoms with E-state index in [4.69, 9.17) is 9.15 Å². The summed E-state index contributed by atoms with van der Waals surface area (Å²) in [6, 6.07) is 6.08. The number of rotatable bonds is 1. The van der Waals surface area contributed by atoms with Crippen molar-refractivity contribution in [2.75, 3.05) is 0 Å². The van der Waals surface area contributed by atoms with E-state index in [9.17, 15) is 9.50 Å². The molecule has 0 radical (unpaired) electrons. The molecule has 4 heteroatoms. The van der Waals surface area contributed by atoms with Crippen LogP contribution in [0.5, 0.6) is 0 Å². The van der Waals surface area contributed by atoms with Crippen LogP contribution in [0.3, 0.4) is 0 Å². The van der Waals surface area contributed by atoms with Gasteiger partial charge in [-0.15, -0.1) is 0 Å². The molecule has 2 heterocycles. The van der Waals surface area contributed by atoms with Gasteiger partial charge in [0.15, 0.2) is 0 Å². The molecule has 2 aromatic rings. The number of fused-ring (bicyclic) bond motifs is 1. The van der Waals surface area contributed by atoms with Crippen LogP contribution < -0.4 is 0 Å². The van der Waals surface area contributed by atoms with Crippen molar-refractivity contribution in [1.82, 2.24) is 0 Å². The van der Waals surface area contributed by atoms with Gasteiger partial charge >= 0.3 is 0 Å². The molecule has 0 spiro atoms. The van der Waals surface area contributed by atoms with Gasteiger partial charge in [0.2, 0.25) is 0 Å². The van der Waals surface area contributed by atoms with Crippen LogP contribution in [0.2, 0.25) is 0 Å². The first-order chi connectivity index (χ1) is 8.96. The van der Waals surface area contributed by atoms with Gasteiger partial charge < -0.3 is 14.3 Å². The van der Waals surface area contributed by atoms with Gasteiger partial charge in [-0.3, -0.25) is 0 Å². The lowest BCUT2D eigenvalue weighted by Crippen LogP contribution is -2.40. The third-order valence-electron chi connectivity index (χ3n) is 3.65. The molecule has 2 atom stereocenters. The summed E-state index contributed by atoms with van der Waals surface area (Å²) in [6.45, 7) is 3.87. The Kier molecular flexibility index (Phi) is 2.87. The Morgan fingerprint density at radius 1 is 1.21 bits per heavy atom. The highest BCUT2D eigenvalue weighted by Crippen LogP contribution is 2.39. The maximum atomic E-state index is 13.2. The van der Waals surface area contributed by atoms with Crippen LogP contribution in [-0.2, 0) is 10.3 Å². The Labute approximate surface area is 111 Å². The van der Waals surface area contributed by atoms with Crippen LogP contribution in [0.1, 0.15) is 32.4 Å². The molecule has 0 bridgehead atoms. The fourth-order valence-electron chi connectivity index (χ4n) is 2.97. The highest BCUT2D eigenvalue weighted by Gasteiger charge is 2.40. The normalized spacial score (nSPS) is 31.8. The first-order valence-electron chi connectivity index (χ1n) is 6.54. The minimum absolute atomic E-state index is 0.0290. The zero-order valence-electron chi connectivity index (χ0n) is 11.0. The molecule has 3 nitrogen and oxygen atoms in total. The second-order valence-corrected chi connectivity index (χ2v) is 5.49. The molecule has 3 rings (SSSR count). The molecule has 1 aromatic carbocycles. The monoisotopic (exact) mass is 264 g/mol. The van der Waals surface area contributed by atoms with Crippen molar-refractivity contribution in [3.63, 3.8) is 0 Å². The minimum atomic E-state index is -1.04. The van der Waals surface area contributed by atoms with E-state index < -0.39 is 5.60 Å². The summed E-state index contributed by atoms with van der Waals surface area (Å²) in [4.78, 5) is 0. The maximum Gasteiger partial charge on any atom is 0.137 e. The molecule has 1 aromatic heterocycles. The highest BCUT2D eigenvalue weighted by molar-refractivity contribution is 5.78. The van der Waals surface area contributed by atoms with E-state index in [-0.39, 0.29) is 18.0 Å². The quantitative estimate of drug-likeness (QED) is 0.859. The summed E-state index contributed by atoms with van der Waals surface area (Å²) in [5.41, 5.74) is -0.441. The van der Waals surface area contributed by atoms with Crippen molar-refractivity contribution in [2.45, 2.75) is 44.5 Å². The van der Waals surface area contributed by atoms with Crippen LogP contribution in [0, 0.1) is 5.82 Å². The smallest absolute Gasteiger partial charge is 0.137 e. The van der Waals surface area contributed by atoms with Crippen molar-refractivity contribution in [3.8, 4) is 0 Å². The molecule has 19 heavy (non-hydrogen) atoms. The average molecular weight is 264 g/mol. The summed E-state index contributed by atoms with van der Waals surface area (Å²) >= 11 is 0. The Hall–Kier alpha value is -1.39. The van der Waals surface area contributed by atoms with Crippen LogP contribution in [0.25, 0.3) is 11.0 Å². The molecule has 1 aliphatic rings. The second-order valence-electron chi connectivity index (χ2n) is 5.49. The third kappa shape index (κ3) is 2.26. The van der Waals surface area contributed by atoms with Gasteiger partial charge in [0, 0.05) is 18.2 Å². The van der Waals surface area contributed by atoms with E-state index >= 15 is 0 Å². The van der Waals surface area contributed by atoms with Crippen molar-refractivity contribution >= 4 is 11.0 Å². The first-order valence-corrected chi connectivity index (χ1v) is 6.54. The molecule has 102 valence electrons. The zero-order chi connectivity index (χ0) is 13.6. The summed E-state index contributed by atoms with van der Waals surface area (Å²) in [6.07, 6.45) is 0.914. The van der Waals surface area contributed by atoms with Crippen molar-refractivity contribution < 1.29 is 18.7 Å². The Balaban J connectivity index is 2.02. The number of furan rings is 1. The summed E-state index contributed by atoms with van der Waals surface area (Å²) in [5.74, 6) is 0.190. The van der Waals surface area contributed by atoms with E-state index in [1.165, 1.54) is 12.1 Å². The molecule has 0 saturated carbocycles. The summed E-state index contributed by atoms with van der Waals surface area (Å²) in [5, 5.41) is 11.5. The molecule has 1 N–H and O–H groups in total. The van der Waals surface area contributed by atoms with Crippen LogP contribution in [0.15, 0.2) is 28.7 Å². The van der Waals surface area contributed by atoms with Crippen LogP contribution in [0.4, 0.5) is 4.39 Å². The van der Waals surface area contributed by atoms with Gasteiger partial charge in [0.1, 0.15) is 22.8 Å². The highest BCUT2D eigenvalue weighted by atomic mass is 19.1. The Morgan fingerprint density at radius 3 is 2.58 bits per heavy atom. The maximum absolute atomic E-state index is 13.2. The minimum Gasteiger partial charge on any atom is -0.458 e. The van der Waals surface area contributed by atoms with Crippen LogP contribution >= 0.6 is 0 Å². The second kappa shape index (κ2) is 4.32. The van der Waals surface area contributed by atoms with E-state index in [1.54, 1.807) is 12.1 Å². The fourth-order valence-corrected chi connectivity index (χ4v) is 2.97. The number of aliphatic hydroxyl groups is 1. The third-order valence-corrected chi connectivity index (χ3v) is 3.65. The first kappa shape index (κ1) is 12.6. The summed E-state index contributed by atoms with van der Waals surface area (Å²) in [7, 11) is 0. The predicted octanol–water partition coefficient (Wildman–Crippen LogP) is 3.35. The lowest BCUT2D eigenvalue weighted by atomic mass is 9.85. The van der Waals surface area contributed by atoms with Crippen molar-refractivity contribution in [1.29, 1.82) is 0 Å². The average Bonchev–Trinajstić information content (AvgIpc) is 2.70. The fraction of sp³-hybridized carbons (Fsp3) is 0.467. The molecule has 0 amide bonds. The van der Waals surface area contributed by atoms with Crippen LogP contribution in [-0.4, -0.2) is 17.3 Å². The number of benzene rings is 1. The van der Waals surface area contributed by atoms with Crippen molar-refractivity contribution in [2.24, 2.45) is 0 Å². The molecule has 1 aliphatic heterocycles. The molecule has 0 aliphatic carbocycles. The largest absolute Gasteiger partial charge is 0.458 e. The Bertz CT molecular complexity index is 594. The Morgan fingerprint density at radius 2 is 1.89 bits per heavy atom. The number of halogens is 1. The predicted molar refractivity (Wildman–Crippen MR) is 69.3 cm³/mol. The standard InChI is InChI=1S/C15H17FO3/c1-9-7-15(17,8-10(2)18-9)14-6-11-5-12(16)3-4-13(11)19-14/h3-6,9-10,17H,7-8H2,1-2H3. The molecular weight excluding hydrogens is 247 g/mol. The SMILES string of the molecule is CC1CC(O)(c2cc3cc(F)ccc3o2)CC(C)O1. The number of ether oxygens (including phenoxy) is 1. The topological polar surface area (TPSA) is 42.6 Å². The molecule has 1 fully saturated rings. The van der Waals surface area contributed by atoms with E-state index in [1.807, 2.05) is 13.8 Å². The van der Waals surface area contributed by atoms with E-state index in [0.29, 0.717) is 29.6 Å². The van der Waals surface area contributed by atoms with E-state index in [2.05, 4.69) is 0 Å². The van der Waals surface area contributed by atoms with E-state index in [0.717, 1.165) is 0 Å². The van der Waals surface area contributed by atoms with Gasteiger partial charge in [0.05, 0.1) is 12.2 Å². The van der Waals surface area contributed by atoms with Gasteiger partial charge in [-0.1, -0.05) is 0 Å². The summed E-state index contributed by atoms with van der Waals surface area (Å²) < 4.78 is 24.5. The molecule has 1 saturated heterocycles. The molecular formula is C15H17FO3. The van der Waals surface area contributed by atoms with Gasteiger partial charge in [-0.25, -0.2) is 4.39 Å². The van der Waals surface area contributed by atoms with Crippen molar-refractivity contribution in [3.05, 3.63) is 35.8 Å². The number of hydrogen-bond donors (Lipinski definition) is 1. The molecule has 2 unspecified atom stereocenters. The van der Waals surface area contributed by atoms with Gasteiger partial charge in [-0.2, -0.15) is 0 Å². The lowest BCUT2D eigenvalue weighted by Gasteiger charge is -2.37. The zero-order valence-corrected chi connectivity index (χ0v) is 11.0. The lowest BCUT2D eigenvalue weighted by molar-refractivity contribution is -0.143. The van der Waals surface area contributed by atoms with Gasteiger partial charge in [-0.05, 0) is 38.1 Å².